The van der Waals surface area contributed by atoms with Gasteiger partial charge in [-0.2, -0.15) is 18.2 Å². The minimum absolute atomic E-state index is 0.0285. The number of ether oxygens (including phenoxy) is 1. The average Bonchev–Trinajstić information content (AvgIpc) is 3.29. The van der Waals surface area contributed by atoms with Crippen LogP contribution in [0.4, 0.5) is 19.0 Å². The quantitative estimate of drug-likeness (QED) is 0.578. The van der Waals surface area contributed by atoms with Crippen molar-refractivity contribution in [3.8, 4) is 17.3 Å². The molecule has 0 saturated heterocycles. The number of pyridine rings is 1. The first-order valence-corrected chi connectivity index (χ1v) is 11.1. The molecule has 3 heterocycles. The smallest absolute Gasteiger partial charge is 0.416 e. The van der Waals surface area contributed by atoms with Gasteiger partial charge in [-0.3, -0.25) is 4.57 Å². The summed E-state index contributed by atoms with van der Waals surface area (Å²) in [6.07, 6.45) is -1.58. The summed E-state index contributed by atoms with van der Waals surface area (Å²) < 4.78 is 73.2. The second-order valence-corrected chi connectivity index (χ2v) is 9.20. The van der Waals surface area contributed by atoms with Crippen LogP contribution in [-0.4, -0.2) is 36.1 Å². The number of anilines is 1. The topological polar surface area (TPSA) is 98.1 Å². The van der Waals surface area contributed by atoms with E-state index in [9.17, 15) is 21.6 Å². The van der Waals surface area contributed by atoms with Crippen LogP contribution in [0.5, 0.6) is 6.01 Å². The van der Waals surface area contributed by atoms with Crippen molar-refractivity contribution < 1.29 is 26.3 Å². The number of rotatable bonds is 6. The predicted octanol–water partition coefficient (Wildman–Crippen LogP) is 3.27. The largest absolute Gasteiger partial charge is 0.460 e. The summed E-state index contributed by atoms with van der Waals surface area (Å²) in [6, 6.07) is 6.75. The third kappa shape index (κ3) is 4.41. The number of aromatic nitrogens is 3. The third-order valence-corrected chi connectivity index (χ3v) is 6.31. The van der Waals surface area contributed by atoms with Crippen molar-refractivity contribution in [1.29, 1.82) is 0 Å². The van der Waals surface area contributed by atoms with Crippen LogP contribution in [0.3, 0.4) is 0 Å². The maximum Gasteiger partial charge on any atom is 0.416 e. The minimum atomic E-state index is -4.45. The molecule has 1 aliphatic heterocycles. The molecule has 2 N–H and O–H groups in total. The number of fused-ring (bicyclic) bond motifs is 1. The number of benzene rings is 1. The highest BCUT2D eigenvalue weighted by Gasteiger charge is 2.30. The van der Waals surface area contributed by atoms with E-state index in [1.54, 1.807) is 16.8 Å². The Morgan fingerprint density at radius 3 is 2.75 bits per heavy atom. The summed E-state index contributed by atoms with van der Waals surface area (Å²) in [5.74, 6) is 0.280. The molecular weight excluding hydrogens is 447 g/mol. The Hall–Kier alpha value is -3.12. The van der Waals surface area contributed by atoms with Crippen LogP contribution in [0.25, 0.3) is 11.3 Å². The highest BCUT2D eigenvalue weighted by molar-refractivity contribution is 7.89. The van der Waals surface area contributed by atoms with E-state index in [0.717, 1.165) is 12.1 Å². The van der Waals surface area contributed by atoms with Gasteiger partial charge in [0.2, 0.25) is 10.0 Å². The van der Waals surface area contributed by atoms with Gasteiger partial charge in [-0.1, -0.05) is 12.1 Å². The molecule has 2 aromatic heterocycles. The van der Waals surface area contributed by atoms with E-state index < -0.39 is 21.8 Å². The number of alkyl halides is 3. The maximum atomic E-state index is 13.0. The van der Waals surface area contributed by atoms with Crippen molar-refractivity contribution in [2.45, 2.75) is 37.2 Å². The van der Waals surface area contributed by atoms with Crippen molar-refractivity contribution in [2.24, 2.45) is 0 Å². The SMILES string of the molecule is CNS(=O)(=O)c1cnc(NCc2cccc(C(F)(F)F)c2)c(-c2cn3c(n2)O[C@H](C)C3)c1. The molecule has 170 valence electrons. The first kappa shape index (κ1) is 22.1. The molecule has 0 radical (unpaired) electrons. The number of hydrogen-bond donors (Lipinski definition) is 2. The van der Waals surface area contributed by atoms with Crippen LogP contribution in [0.15, 0.2) is 47.6 Å². The Labute approximate surface area is 182 Å². The molecule has 0 saturated carbocycles. The normalized spacial score (nSPS) is 16.0. The number of hydrogen-bond acceptors (Lipinski definition) is 6. The number of nitrogens with one attached hydrogen (secondary N) is 2. The van der Waals surface area contributed by atoms with Crippen LogP contribution in [0.2, 0.25) is 0 Å². The van der Waals surface area contributed by atoms with E-state index in [0.29, 0.717) is 29.4 Å². The first-order valence-electron chi connectivity index (χ1n) is 9.64. The lowest BCUT2D eigenvalue weighted by Gasteiger charge is -2.13. The van der Waals surface area contributed by atoms with Gasteiger partial charge in [-0.05, 0) is 37.7 Å². The summed E-state index contributed by atoms with van der Waals surface area (Å²) in [4.78, 5) is 8.56. The summed E-state index contributed by atoms with van der Waals surface area (Å²) in [5.41, 5.74) is 0.451. The lowest BCUT2D eigenvalue weighted by atomic mass is 10.1. The zero-order valence-electron chi connectivity index (χ0n) is 17.1. The molecule has 0 bridgehead atoms. The molecular formula is C20H20F3N5O3S. The molecule has 3 aromatic rings. The second-order valence-electron chi connectivity index (χ2n) is 7.32. The molecule has 0 spiro atoms. The summed E-state index contributed by atoms with van der Waals surface area (Å²) in [7, 11) is -2.48. The van der Waals surface area contributed by atoms with Crippen molar-refractivity contribution in [1.82, 2.24) is 19.3 Å². The van der Waals surface area contributed by atoms with Crippen molar-refractivity contribution in [3.63, 3.8) is 0 Å². The predicted molar refractivity (Wildman–Crippen MR) is 111 cm³/mol. The molecule has 1 atom stereocenters. The van der Waals surface area contributed by atoms with Crippen LogP contribution in [0, 0.1) is 0 Å². The van der Waals surface area contributed by atoms with Crippen molar-refractivity contribution in [3.05, 3.63) is 53.9 Å². The zero-order valence-corrected chi connectivity index (χ0v) is 18.0. The molecule has 4 rings (SSSR count). The Morgan fingerprint density at radius 1 is 1.28 bits per heavy atom. The molecule has 0 amide bonds. The van der Waals surface area contributed by atoms with E-state index in [1.165, 1.54) is 25.4 Å². The van der Waals surface area contributed by atoms with Crippen LogP contribution < -0.4 is 14.8 Å². The standard InChI is InChI=1S/C20H20F3N5O3S/c1-12-10-28-11-17(27-19(28)31-12)16-7-15(32(29,30)24-2)9-26-18(16)25-8-13-4-3-5-14(6-13)20(21,22)23/h3-7,9,11-12,24H,8,10H2,1-2H3,(H,25,26)/t12-/m1/s1. The van der Waals surface area contributed by atoms with Gasteiger partial charge in [0, 0.05) is 24.5 Å². The molecule has 1 aliphatic rings. The highest BCUT2D eigenvalue weighted by Crippen LogP contribution is 2.33. The van der Waals surface area contributed by atoms with E-state index in [2.05, 4.69) is 20.0 Å². The number of sulfonamides is 1. The lowest BCUT2D eigenvalue weighted by Crippen LogP contribution is -2.19. The van der Waals surface area contributed by atoms with Gasteiger partial charge < -0.3 is 10.1 Å². The van der Waals surface area contributed by atoms with E-state index in [4.69, 9.17) is 4.74 Å². The van der Waals surface area contributed by atoms with Crippen LogP contribution >= 0.6 is 0 Å². The summed E-state index contributed by atoms with van der Waals surface area (Å²) in [5, 5.41) is 2.99. The Kier molecular flexibility index (Phi) is 5.59. The zero-order chi connectivity index (χ0) is 23.1. The van der Waals surface area contributed by atoms with E-state index in [1.807, 2.05) is 6.92 Å². The summed E-state index contributed by atoms with van der Waals surface area (Å²) >= 11 is 0. The highest BCUT2D eigenvalue weighted by atomic mass is 32.2. The number of halogens is 3. The Morgan fingerprint density at radius 2 is 2.06 bits per heavy atom. The minimum Gasteiger partial charge on any atom is -0.460 e. The van der Waals surface area contributed by atoms with Gasteiger partial charge >= 0.3 is 6.18 Å². The maximum absolute atomic E-state index is 13.0. The molecule has 8 nitrogen and oxygen atoms in total. The monoisotopic (exact) mass is 467 g/mol. The van der Waals surface area contributed by atoms with Gasteiger partial charge in [-0.15, -0.1) is 0 Å². The van der Waals surface area contributed by atoms with E-state index >= 15 is 0 Å². The van der Waals surface area contributed by atoms with Crippen molar-refractivity contribution >= 4 is 15.8 Å². The fourth-order valence-electron chi connectivity index (χ4n) is 3.34. The molecule has 1 aromatic carbocycles. The third-order valence-electron chi connectivity index (χ3n) is 4.93. The van der Waals surface area contributed by atoms with Crippen molar-refractivity contribution in [2.75, 3.05) is 12.4 Å². The van der Waals surface area contributed by atoms with Crippen LogP contribution in [0.1, 0.15) is 18.1 Å². The molecule has 32 heavy (non-hydrogen) atoms. The van der Waals surface area contributed by atoms with Gasteiger partial charge in [-0.25, -0.2) is 18.1 Å². The van der Waals surface area contributed by atoms with Gasteiger partial charge in [0.15, 0.2) is 0 Å². The van der Waals surface area contributed by atoms with E-state index in [-0.39, 0.29) is 23.4 Å². The Bertz CT molecular complexity index is 1230. The Balaban J connectivity index is 1.68. The molecule has 12 heteroatoms. The molecule has 0 fully saturated rings. The fraction of sp³-hybridized carbons (Fsp3) is 0.300. The fourth-order valence-corrected chi connectivity index (χ4v) is 4.04. The van der Waals surface area contributed by atoms with Gasteiger partial charge in [0.05, 0.1) is 17.8 Å². The average molecular weight is 467 g/mol. The van der Waals surface area contributed by atoms with Gasteiger partial charge in [0.25, 0.3) is 6.01 Å². The lowest BCUT2D eigenvalue weighted by molar-refractivity contribution is -0.137. The number of imidazole rings is 1. The van der Waals surface area contributed by atoms with Gasteiger partial charge in [0.1, 0.15) is 16.8 Å². The number of nitrogens with zero attached hydrogens (tertiary/aromatic N) is 3. The second kappa shape index (κ2) is 8.10. The molecule has 0 unspecified atom stereocenters. The van der Waals surface area contributed by atoms with Crippen LogP contribution in [-0.2, 0) is 29.3 Å². The summed E-state index contributed by atoms with van der Waals surface area (Å²) in [6.45, 7) is 2.54. The first-order chi connectivity index (χ1) is 15.1. The molecule has 0 aliphatic carbocycles.